The molecule has 4 nitrogen and oxygen atoms in total. The number of hydrogen-bond acceptors (Lipinski definition) is 2. The first-order valence-electron chi connectivity index (χ1n) is 5.12. The SMILES string of the molecule is CC(C)n1ccc2c(C(=O)N=O)cccc21. The van der Waals surface area contributed by atoms with Gasteiger partial charge in [0, 0.05) is 28.3 Å². The quantitative estimate of drug-likeness (QED) is 0.724. The highest BCUT2D eigenvalue weighted by Crippen LogP contribution is 2.23. The fourth-order valence-corrected chi connectivity index (χ4v) is 1.87. The smallest absolute Gasteiger partial charge is 0.317 e. The van der Waals surface area contributed by atoms with Crippen molar-refractivity contribution >= 4 is 16.8 Å². The lowest BCUT2D eigenvalue weighted by atomic mass is 10.1. The summed E-state index contributed by atoms with van der Waals surface area (Å²) >= 11 is 0. The van der Waals surface area contributed by atoms with Crippen molar-refractivity contribution < 1.29 is 4.79 Å². The van der Waals surface area contributed by atoms with E-state index < -0.39 is 5.91 Å². The van der Waals surface area contributed by atoms with Gasteiger partial charge in [-0.05, 0) is 32.0 Å². The van der Waals surface area contributed by atoms with Crippen LogP contribution in [0.15, 0.2) is 35.6 Å². The highest BCUT2D eigenvalue weighted by molar-refractivity contribution is 6.06. The largest absolute Gasteiger partial charge is 0.345 e. The van der Waals surface area contributed by atoms with Crippen molar-refractivity contribution in [1.29, 1.82) is 0 Å². The number of amides is 1. The molecule has 0 fully saturated rings. The topological polar surface area (TPSA) is 51.4 Å². The summed E-state index contributed by atoms with van der Waals surface area (Å²) in [4.78, 5) is 21.6. The zero-order chi connectivity index (χ0) is 11.7. The van der Waals surface area contributed by atoms with E-state index in [0.29, 0.717) is 11.6 Å². The minimum Gasteiger partial charge on any atom is -0.345 e. The molecular formula is C12H12N2O2. The predicted molar refractivity (Wildman–Crippen MR) is 62.4 cm³/mol. The maximum absolute atomic E-state index is 11.3. The minimum absolute atomic E-state index is 0.312. The Hall–Kier alpha value is -1.97. The van der Waals surface area contributed by atoms with Gasteiger partial charge in [0.1, 0.15) is 0 Å². The molecule has 2 rings (SSSR count). The lowest BCUT2D eigenvalue weighted by Crippen LogP contribution is -1.99. The Morgan fingerprint density at radius 1 is 1.31 bits per heavy atom. The summed E-state index contributed by atoms with van der Waals surface area (Å²) in [5.74, 6) is -0.716. The summed E-state index contributed by atoms with van der Waals surface area (Å²) < 4.78 is 2.05. The third-order valence-corrected chi connectivity index (χ3v) is 2.63. The molecule has 0 unspecified atom stereocenters. The van der Waals surface area contributed by atoms with Gasteiger partial charge in [0.05, 0.1) is 5.56 Å². The lowest BCUT2D eigenvalue weighted by molar-refractivity contribution is 0.100. The van der Waals surface area contributed by atoms with Gasteiger partial charge in [-0.2, -0.15) is 0 Å². The predicted octanol–water partition coefficient (Wildman–Crippen LogP) is 3.13. The first-order valence-corrected chi connectivity index (χ1v) is 5.12. The van der Waals surface area contributed by atoms with Gasteiger partial charge in [0.25, 0.3) is 0 Å². The average Bonchev–Trinajstić information content (AvgIpc) is 2.71. The molecule has 1 aromatic heterocycles. The Bertz CT molecular complexity index is 555. The number of fused-ring (bicyclic) bond motifs is 1. The standard InChI is InChI=1S/C12H12N2O2/c1-8(2)14-7-6-9-10(12(15)13-16)4-3-5-11(9)14/h3-8H,1-2H3. The number of nitrogens with zero attached hydrogens (tertiary/aromatic N) is 2. The van der Waals surface area contributed by atoms with Crippen LogP contribution < -0.4 is 0 Å². The van der Waals surface area contributed by atoms with E-state index in [-0.39, 0.29) is 0 Å². The van der Waals surface area contributed by atoms with E-state index in [1.165, 1.54) is 0 Å². The molecular weight excluding hydrogens is 204 g/mol. The minimum atomic E-state index is -0.716. The van der Waals surface area contributed by atoms with Crippen LogP contribution >= 0.6 is 0 Å². The third-order valence-electron chi connectivity index (χ3n) is 2.63. The van der Waals surface area contributed by atoms with Gasteiger partial charge in [-0.3, -0.25) is 4.79 Å². The molecule has 2 aromatic rings. The Kier molecular flexibility index (Phi) is 2.56. The molecule has 0 aliphatic carbocycles. The van der Waals surface area contributed by atoms with Gasteiger partial charge < -0.3 is 4.57 Å². The van der Waals surface area contributed by atoms with Gasteiger partial charge in [-0.1, -0.05) is 6.07 Å². The first kappa shape index (κ1) is 10.5. The number of hydrogen-bond donors (Lipinski definition) is 0. The molecule has 0 N–H and O–H groups in total. The van der Waals surface area contributed by atoms with Crippen molar-refractivity contribution in [2.45, 2.75) is 19.9 Å². The Morgan fingerprint density at radius 2 is 2.06 bits per heavy atom. The molecule has 0 aliphatic rings. The summed E-state index contributed by atoms with van der Waals surface area (Å²) in [5, 5.41) is 3.24. The summed E-state index contributed by atoms with van der Waals surface area (Å²) in [5.41, 5.74) is 1.32. The van der Waals surface area contributed by atoms with Crippen molar-refractivity contribution in [3.63, 3.8) is 0 Å². The van der Waals surface area contributed by atoms with Crippen molar-refractivity contribution in [3.05, 3.63) is 40.9 Å². The second-order valence-electron chi connectivity index (χ2n) is 3.95. The van der Waals surface area contributed by atoms with E-state index in [2.05, 4.69) is 23.6 Å². The molecule has 1 aromatic carbocycles. The maximum Gasteiger partial charge on any atom is 0.317 e. The molecule has 0 saturated carbocycles. The van der Waals surface area contributed by atoms with Gasteiger partial charge >= 0.3 is 5.91 Å². The molecule has 0 aliphatic heterocycles. The number of carbonyl (C=O) groups is 1. The summed E-state index contributed by atoms with van der Waals surface area (Å²) in [6.07, 6.45) is 1.91. The maximum atomic E-state index is 11.3. The highest BCUT2D eigenvalue weighted by Gasteiger charge is 2.13. The molecule has 1 heterocycles. The van der Waals surface area contributed by atoms with Crippen LogP contribution in [0.3, 0.4) is 0 Å². The number of benzene rings is 1. The highest BCUT2D eigenvalue weighted by atomic mass is 16.3. The number of rotatable bonds is 2. The van der Waals surface area contributed by atoms with E-state index in [0.717, 1.165) is 10.9 Å². The fourth-order valence-electron chi connectivity index (χ4n) is 1.87. The Morgan fingerprint density at radius 3 is 2.69 bits per heavy atom. The molecule has 0 bridgehead atoms. The van der Waals surface area contributed by atoms with Crippen molar-refractivity contribution in [3.8, 4) is 0 Å². The molecule has 82 valence electrons. The van der Waals surface area contributed by atoms with Crippen LogP contribution in [0.1, 0.15) is 30.2 Å². The van der Waals surface area contributed by atoms with Crippen LogP contribution in [0.4, 0.5) is 0 Å². The average molecular weight is 216 g/mol. The lowest BCUT2D eigenvalue weighted by Gasteiger charge is -2.09. The van der Waals surface area contributed by atoms with Gasteiger partial charge in [-0.15, -0.1) is 4.91 Å². The fraction of sp³-hybridized carbons (Fsp3) is 0.250. The zero-order valence-corrected chi connectivity index (χ0v) is 9.18. The molecule has 1 amide bonds. The van der Waals surface area contributed by atoms with Crippen LogP contribution in [0.2, 0.25) is 0 Å². The molecule has 4 heteroatoms. The van der Waals surface area contributed by atoms with Crippen LogP contribution in [0.25, 0.3) is 10.9 Å². The number of carbonyl (C=O) groups excluding carboxylic acids is 1. The van der Waals surface area contributed by atoms with Crippen molar-refractivity contribution in [2.24, 2.45) is 5.18 Å². The van der Waals surface area contributed by atoms with Crippen molar-refractivity contribution in [2.75, 3.05) is 0 Å². The number of nitroso groups, excluding NO2 is 1. The van der Waals surface area contributed by atoms with E-state index in [1.54, 1.807) is 12.1 Å². The van der Waals surface area contributed by atoms with Gasteiger partial charge in [0.2, 0.25) is 0 Å². The van der Waals surface area contributed by atoms with Crippen LogP contribution in [0, 0.1) is 4.91 Å². The van der Waals surface area contributed by atoms with E-state index in [1.807, 2.05) is 18.3 Å². The van der Waals surface area contributed by atoms with E-state index in [9.17, 15) is 9.70 Å². The summed E-state index contributed by atoms with van der Waals surface area (Å²) in [6, 6.07) is 7.47. The van der Waals surface area contributed by atoms with Crippen molar-refractivity contribution in [1.82, 2.24) is 4.57 Å². The second-order valence-corrected chi connectivity index (χ2v) is 3.95. The van der Waals surface area contributed by atoms with E-state index >= 15 is 0 Å². The van der Waals surface area contributed by atoms with Crippen LogP contribution in [-0.2, 0) is 0 Å². The zero-order valence-electron chi connectivity index (χ0n) is 9.18. The normalized spacial score (nSPS) is 10.9. The third kappa shape index (κ3) is 1.52. The summed E-state index contributed by atoms with van der Waals surface area (Å²) in [7, 11) is 0. The van der Waals surface area contributed by atoms with Gasteiger partial charge in [-0.25, -0.2) is 0 Å². The monoisotopic (exact) mass is 216 g/mol. The summed E-state index contributed by atoms with van der Waals surface area (Å²) in [6.45, 7) is 4.12. The Balaban J connectivity index is 2.71. The first-order chi connectivity index (χ1) is 7.65. The molecule has 0 atom stereocenters. The van der Waals surface area contributed by atoms with Crippen LogP contribution in [0.5, 0.6) is 0 Å². The Labute approximate surface area is 92.8 Å². The molecule has 0 saturated heterocycles. The number of aromatic nitrogens is 1. The molecule has 0 radical (unpaired) electrons. The van der Waals surface area contributed by atoms with E-state index in [4.69, 9.17) is 0 Å². The van der Waals surface area contributed by atoms with Crippen LogP contribution in [-0.4, -0.2) is 10.5 Å². The van der Waals surface area contributed by atoms with Gasteiger partial charge in [0.15, 0.2) is 0 Å². The molecule has 16 heavy (non-hydrogen) atoms. The second kappa shape index (κ2) is 3.89. The molecule has 0 spiro atoms.